The van der Waals surface area contributed by atoms with Crippen LogP contribution in [0.15, 0.2) is 30.3 Å². The number of nitrogens with two attached hydrogens (primary N) is 1. The molecule has 0 radical (unpaired) electrons. The molecule has 0 aromatic heterocycles. The van der Waals surface area contributed by atoms with Crippen LogP contribution >= 0.6 is 12.4 Å². The lowest BCUT2D eigenvalue weighted by Crippen LogP contribution is -2.40. The summed E-state index contributed by atoms with van der Waals surface area (Å²) >= 11 is 0. The van der Waals surface area contributed by atoms with Gasteiger partial charge >= 0.3 is 0 Å². The summed E-state index contributed by atoms with van der Waals surface area (Å²) in [6, 6.07) is 9.87. The van der Waals surface area contributed by atoms with E-state index in [2.05, 4.69) is 5.32 Å². The molecule has 3 nitrogen and oxygen atoms in total. The SMILES string of the molecule is CCC(C(=O)N[C@@H](C)CN)c1ccccc1.Cl. The van der Waals surface area contributed by atoms with Crippen LogP contribution in [0.25, 0.3) is 0 Å². The van der Waals surface area contributed by atoms with Gasteiger partial charge in [0.15, 0.2) is 0 Å². The average Bonchev–Trinajstić information content (AvgIpc) is 2.31. The van der Waals surface area contributed by atoms with Crippen LogP contribution in [0.1, 0.15) is 31.7 Å². The van der Waals surface area contributed by atoms with Gasteiger partial charge < -0.3 is 11.1 Å². The van der Waals surface area contributed by atoms with Crippen molar-refractivity contribution in [3.8, 4) is 0 Å². The lowest BCUT2D eigenvalue weighted by Gasteiger charge is -2.18. The third-order valence-electron chi connectivity index (χ3n) is 2.67. The van der Waals surface area contributed by atoms with Gasteiger partial charge in [-0.15, -0.1) is 12.4 Å². The molecule has 0 saturated carbocycles. The van der Waals surface area contributed by atoms with Crippen molar-refractivity contribution in [3.05, 3.63) is 35.9 Å². The van der Waals surface area contributed by atoms with E-state index in [0.29, 0.717) is 6.54 Å². The molecule has 96 valence electrons. The summed E-state index contributed by atoms with van der Waals surface area (Å²) in [5.74, 6) is -0.0122. The molecular formula is C13H21ClN2O. The number of nitrogens with one attached hydrogen (secondary N) is 1. The van der Waals surface area contributed by atoms with E-state index in [1.54, 1.807) is 0 Å². The molecule has 4 heteroatoms. The Hall–Kier alpha value is -1.06. The van der Waals surface area contributed by atoms with E-state index in [1.807, 2.05) is 44.2 Å². The number of halogens is 1. The van der Waals surface area contributed by atoms with Gasteiger partial charge in [-0.25, -0.2) is 0 Å². The molecule has 1 aromatic carbocycles. The van der Waals surface area contributed by atoms with E-state index in [0.717, 1.165) is 12.0 Å². The fraction of sp³-hybridized carbons (Fsp3) is 0.462. The molecule has 0 fully saturated rings. The number of carbonyl (C=O) groups excluding carboxylic acids is 1. The summed E-state index contributed by atoms with van der Waals surface area (Å²) < 4.78 is 0. The Labute approximate surface area is 109 Å². The van der Waals surface area contributed by atoms with Crippen molar-refractivity contribution >= 4 is 18.3 Å². The van der Waals surface area contributed by atoms with Crippen molar-refractivity contribution in [2.24, 2.45) is 5.73 Å². The van der Waals surface area contributed by atoms with Crippen LogP contribution in [0.4, 0.5) is 0 Å². The molecule has 0 aliphatic rings. The maximum absolute atomic E-state index is 12.0. The fourth-order valence-corrected chi connectivity index (χ4v) is 1.66. The highest BCUT2D eigenvalue weighted by atomic mass is 35.5. The molecule has 1 rings (SSSR count). The highest BCUT2D eigenvalue weighted by molar-refractivity contribution is 5.85. The number of rotatable bonds is 5. The topological polar surface area (TPSA) is 55.1 Å². The van der Waals surface area contributed by atoms with Crippen LogP contribution < -0.4 is 11.1 Å². The number of benzene rings is 1. The van der Waals surface area contributed by atoms with Crippen molar-refractivity contribution in [1.82, 2.24) is 5.32 Å². The van der Waals surface area contributed by atoms with E-state index in [4.69, 9.17) is 5.73 Å². The Bertz CT molecular complexity index is 329. The summed E-state index contributed by atoms with van der Waals surface area (Å²) in [5, 5.41) is 2.92. The molecule has 0 saturated heterocycles. The summed E-state index contributed by atoms with van der Waals surface area (Å²) in [6.07, 6.45) is 0.799. The maximum Gasteiger partial charge on any atom is 0.227 e. The second-order valence-corrected chi connectivity index (χ2v) is 4.02. The van der Waals surface area contributed by atoms with Crippen LogP contribution in [-0.4, -0.2) is 18.5 Å². The lowest BCUT2D eigenvalue weighted by atomic mass is 9.95. The van der Waals surface area contributed by atoms with Crippen LogP contribution in [0.3, 0.4) is 0 Å². The largest absolute Gasteiger partial charge is 0.352 e. The van der Waals surface area contributed by atoms with Crippen molar-refractivity contribution in [3.63, 3.8) is 0 Å². The van der Waals surface area contributed by atoms with E-state index in [9.17, 15) is 4.79 Å². The van der Waals surface area contributed by atoms with Crippen molar-refractivity contribution in [1.29, 1.82) is 0 Å². The highest BCUT2D eigenvalue weighted by Gasteiger charge is 2.19. The second kappa shape index (κ2) is 8.09. The monoisotopic (exact) mass is 256 g/mol. The molecule has 0 bridgehead atoms. The van der Waals surface area contributed by atoms with Gasteiger partial charge in [0.25, 0.3) is 0 Å². The minimum Gasteiger partial charge on any atom is -0.352 e. The molecule has 3 N–H and O–H groups in total. The third-order valence-corrected chi connectivity index (χ3v) is 2.67. The van der Waals surface area contributed by atoms with Crippen LogP contribution in [-0.2, 0) is 4.79 Å². The van der Waals surface area contributed by atoms with Crippen LogP contribution in [0.5, 0.6) is 0 Å². The first-order valence-corrected chi connectivity index (χ1v) is 5.74. The Balaban J connectivity index is 0.00000256. The number of carbonyl (C=O) groups is 1. The molecule has 0 spiro atoms. The fourth-order valence-electron chi connectivity index (χ4n) is 1.66. The zero-order valence-corrected chi connectivity index (χ0v) is 11.2. The smallest absolute Gasteiger partial charge is 0.227 e. The average molecular weight is 257 g/mol. The Morgan fingerprint density at radius 3 is 2.41 bits per heavy atom. The molecule has 1 aromatic rings. The van der Waals surface area contributed by atoms with Crippen LogP contribution in [0, 0.1) is 0 Å². The summed E-state index contributed by atoms with van der Waals surface area (Å²) in [4.78, 5) is 12.0. The standard InChI is InChI=1S/C13H20N2O.ClH/c1-3-12(11-7-5-4-6-8-11)13(16)15-10(2)9-14;/h4-8,10,12H,3,9,14H2,1-2H3,(H,15,16);1H/t10-,12?;/m0./s1. The first kappa shape index (κ1) is 15.9. The van der Waals surface area contributed by atoms with E-state index in [-0.39, 0.29) is 30.3 Å². The minimum absolute atomic E-state index is 0. The van der Waals surface area contributed by atoms with E-state index >= 15 is 0 Å². The van der Waals surface area contributed by atoms with Gasteiger partial charge in [-0.1, -0.05) is 37.3 Å². The van der Waals surface area contributed by atoms with Gasteiger partial charge in [0.1, 0.15) is 0 Å². The minimum atomic E-state index is -0.0739. The van der Waals surface area contributed by atoms with Crippen molar-refractivity contribution in [2.45, 2.75) is 32.2 Å². The predicted molar refractivity (Wildman–Crippen MR) is 73.4 cm³/mol. The van der Waals surface area contributed by atoms with Crippen molar-refractivity contribution in [2.75, 3.05) is 6.54 Å². The van der Waals surface area contributed by atoms with E-state index in [1.165, 1.54) is 0 Å². The van der Waals surface area contributed by atoms with Gasteiger partial charge in [0.05, 0.1) is 5.92 Å². The number of amides is 1. The van der Waals surface area contributed by atoms with Gasteiger partial charge in [0, 0.05) is 12.6 Å². The van der Waals surface area contributed by atoms with Gasteiger partial charge in [-0.3, -0.25) is 4.79 Å². The zero-order valence-electron chi connectivity index (χ0n) is 10.3. The summed E-state index contributed by atoms with van der Waals surface area (Å²) in [7, 11) is 0. The number of hydrogen-bond donors (Lipinski definition) is 2. The summed E-state index contributed by atoms with van der Waals surface area (Å²) in [6.45, 7) is 4.40. The van der Waals surface area contributed by atoms with Crippen LogP contribution in [0.2, 0.25) is 0 Å². The van der Waals surface area contributed by atoms with Gasteiger partial charge in [-0.05, 0) is 18.9 Å². The molecule has 17 heavy (non-hydrogen) atoms. The molecule has 1 unspecified atom stereocenters. The van der Waals surface area contributed by atoms with Gasteiger partial charge in [0.2, 0.25) is 5.91 Å². The van der Waals surface area contributed by atoms with E-state index < -0.39 is 0 Å². The third kappa shape index (κ3) is 4.75. The zero-order chi connectivity index (χ0) is 12.0. The summed E-state index contributed by atoms with van der Waals surface area (Å²) in [5.41, 5.74) is 6.55. The number of hydrogen-bond acceptors (Lipinski definition) is 2. The maximum atomic E-state index is 12.0. The first-order valence-electron chi connectivity index (χ1n) is 5.74. The molecular weight excluding hydrogens is 236 g/mol. The molecule has 0 heterocycles. The Morgan fingerprint density at radius 2 is 1.94 bits per heavy atom. The van der Waals surface area contributed by atoms with Gasteiger partial charge in [-0.2, -0.15) is 0 Å². The quantitative estimate of drug-likeness (QED) is 0.847. The predicted octanol–water partition coefficient (Wildman–Crippen LogP) is 2.07. The van der Waals surface area contributed by atoms with Crippen molar-refractivity contribution < 1.29 is 4.79 Å². The Kier molecular flexibility index (Phi) is 7.59. The normalized spacial score (nSPS) is 13.4. The molecule has 0 aliphatic heterocycles. The molecule has 1 amide bonds. The Morgan fingerprint density at radius 1 is 1.35 bits per heavy atom. The molecule has 2 atom stereocenters. The highest BCUT2D eigenvalue weighted by Crippen LogP contribution is 2.19. The first-order chi connectivity index (χ1) is 7.69. The lowest BCUT2D eigenvalue weighted by molar-refractivity contribution is -0.123. The second-order valence-electron chi connectivity index (χ2n) is 4.02. The molecule has 0 aliphatic carbocycles.